The maximum absolute atomic E-state index is 12.6. The van der Waals surface area contributed by atoms with Crippen molar-refractivity contribution in [2.24, 2.45) is 0 Å². The molecule has 176 valence electrons. The first-order valence-corrected chi connectivity index (χ1v) is 11.5. The second kappa shape index (κ2) is 10.6. The van der Waals surface area contributed by atoms with E-state index in [1.165, 1.54) is 0 Å². The molecule has 0 aliphatic carbocycles. The minimum absolute atomic E-state index is 0.0589. The summed E-state index contributed by atoms with van der Waals surface area (Å²) in [7, 11) is 0. The van der Waals surface area contributed by atoms with Crippen LogP contribution in [0, 0.1) is 6.92 Å². The largest absolute Gasteiger partial charge is 0.381 e. The van der Waals surface area contributed by atoms with Crippen molar-refractivity contribution in [2.75, 3.05) is 18.5 Å². The van der Waals surface area contributed by atoms with Crippen LogP contribution in [0.4, 0.5) is 5.69 Å². The van der Waals surface area contributed by atoms with E-state index in [9.17, 15) is 4.79 Å². The van der Waals surface area contributed by atoms with Gasteiger partial charge in [-0.2, -0.15) is 5.10 Å². The average Bonchev–Trinajstić information content (AvgIpc) is 3.26. The molecule has 0 spiro atoms. The molecule has 2 aromatic heterocycles. The standard InChI is InChI=1S/C26H35N5O2/c1-7-19(3)30-25(32)20-9-8-18(2)24(12-20)21-14-29-31(17-21)23-13-22(15-27-16-23)28-10-11-33-26(4,5)6/h8-9,12-17,19,28H,7,10-11H2,1-6H3,(H,30,32). The van der Waals surface area contributed by atoms with Gasteiger partial charge in [0.1, 0.15) is 0 Å². The van der Waals surface area contributed by atoms with E-state index < -0.39 is 0 Å². The van der Waals surface area contributed by atoms with Crippen molar-refractivity contribution < 1.29 is 9.53 Å². The Balaban J connectivity index is 1.75. The van der Waals surface area contributed by atoms with Gasteiger partial charge in [0.2, 0.25) is 0 Å². The second-order valence-corrected chi connectivity index (χ2v) is 9.31. The summed E-state index contributed by atoms with van der Waals surface area (Å²) in [4.78, 5) is 16.9. The van der Waals surface area contributed by atoms with E-state index in [0.717, 1.165) is 34.5 Å². The molecule has 33 heavy (non-hydrogen) atoms. The predicted octanol–water partition coefficient (Wildman–Crippen LogP) is 5.00. The minimum atomic E-state index is -0.155. The molecule has 1 aromatic carbocycles. The Labute approximate surface area is 196 Å². The van der Waals surface area contributed by atoms with Crippen LogP contribution in [-0.2, 0) is 4.74 Å². The highest BCUT2D eigenvalue weighted by molar-refractivity contribution is 5.95. The number of aromatic nitrogens is 3. The van der Waals surface area contributed by atoms with Gasteiger partial charge in [-0.25, -0.2) is 4.68 Å². The Morgan fingerprint density at radius 1 is 1.18 bits per heavy atom. The lowest BCUT2D eigenvalue weighted by Crippen LogP contribution is -2.31. The van der Waals surface area contributed by atoms with Crippen molar-refractivity contribution in [2.45, 2.75) is 59.6 Å². The fourth-order valence-electron chi connectivity index (χ4n) is 3.29. The summed E-state index contributed by atoms with van der Waals surface area (Å²) < 4.78 is 7.55. The smallest absolute Gasteiger partial charge is 0.251 e. The number of ether oxygens (including phenoxy) is 1. The third kappa shape index (κ3) is 6.89. The maximum Gasteiger partial charge on any atom is 0.251 e. The van der Waals surface area contributed by atoms with Crippen LogP contribution >= 0.6 is 0 Å². The van der Waals surface area contributed by atoms with Gasteiger partial charge >= 0.3 is 0 Å². The van der Waals surface area contributed by atoms with Gasteiger partial charge in [-0.1, -0.05) is 13.0 Å². The summed E-state index contributed by atoms with van der Waals surface area (Å²) in [6, 6.07) is 7.91. The first-order valence-electron chi connectivity index (χ1n) is 11.5. The molecule has 0 aliphatic heterocycles. The van der Waals surface area contributed by atoms with Crippen molar-refractivity contribution in [1.82, 2.24) is 20.1 Å². The van der Waals surface area contributed by atoms with Crippen molar-refractivity contribution in [3.63, 3.8) is 0 Å². The Kier molecular flexibility index (Phi) is 7.87. The average molecular weight is 450 g/mol. The first kappa shape index (κ1) is 24.5. The van der Waals surface area contributed by atoms with Gasteiger partial charge in [0.15, 0.2) is 0 Å². The van der Waals surface area contributed by atoms with Gasteiger partial charge in [-0.05, 0) is 70.4 Å². The Hall–Kier alpha value is -3.19. The Morgan fingerprint density at radius 2 is 1.97 bits per heavy atom. The van der Waals surface area contributed by atoms with Gasteiger partial charge in [-0.3, -0.25) is 9.78 Å². The monoisotopic (exact) mass is 449 g/mol. The lowest BCUT2D eigenvalue weighted by atomic mass is 10.00. The quantitative estimate of drug-likeness (QED) is 0.450. The van der Waals surface area contributed by atoms with Crippen molar-refractivity contribution in [3.05, 3.63) is 60.2 Å². The lowest BCUT2D eigenvalue weighted by molar-refractivity contribution is 0.00333. The number of hydrogen-bond donors (Lipinski definition) is 2. The van der Waals surface area contributed by atoms with E-state index in [-0.39, 0.29) is 17.6 Å². The number of carbonyl (C=O) groups is 1. The molecule has 0 aliphatic rings. The van der Waals surface area contributed by atoms with Gasteiger partial charge in [0.05, 0.1) is 42.2 Å². The molecule has 0 bridgehead atoms. The summed E-state index contributed by atoms with van der Waals surface area (Å²) in [5.41, 5.74) is 5.27. The normalized spacial score (nSPS) is 12.4. The lowest BCUT2D eigenvalue weighted by Gasteiger charge is -2.19. The predicted molar refractivity (Wildman–Crippen MR) is 133 cm³/mol. The topological polar surface area (TPSA) is 81.1 Å². The number of pyridine rings is 1. The second-order valence-electron chi connectivity index (χ2n) is 9.31. The molecule has 7 nitrogen and oxygen atoms in total. The molecule has 0 saturated heterocycles. The Morgan fingerprint density at radius 3 is 2.70 bits per heavy atom. The highest BCUT2D eigenvalue weighted by Gasteiger charge is 2.13. The van der Waals surface area contributed by atoms with Gasteiger partial charge in [-0.15, -0.1) is 0 Å². The van der Waals surface area contributed by atoms with E-state index in [1.54, 1.807) is 17.1 Å². The van der Waals surface area contributed by atoms with Crippen molar-refractivity contribution in [1.29, 1.82) is 0 Å². The molecule has 1 atom stereocenters. The molecule has 0 fully saturated rings. The Bertz CT molecular complexity index is 1080. The first-order chi connectivity index (χ1) is 15.7. The molecule has 2 heterocycles. The molecular formula is C26H35N5O2. The third-order valence-electron chi connectivity index (χ3n) is 5.34. The van der Waals surface area contributed by atoms with Crippen LogP contribution in [0.15, 0.2) is 49.1 Å². The van der Waals surface area contributed by atoms with Crippen molar-refractivity contribution in [3.8, 4) is 16.8 Å². The van der Waals surface area contributed by atoms with Crippen LogP contribution in [0.5, 0.6) is 0 Å². The zero-order valence-corrected chi connectivity index (χ0v) is 20.5. The molecule has 2 N–H and O–H groups in total. The number of nitrogens with zero attached hydrogens (tertiary/aromatic N) is 3. The van der Waals surface area contributed by atoms with Crippen LogP contribution in [0.3, 0.4) is 0 Å². The van der Waals surface area contributed by atoms with E-state index in [0.29, 0.717) is 18.7 Å². The van der Waals surface area contributed by atoms with E-state index >= 15 is 0 Å². The summed E-state index contributed by atoms with van der Waals surface area (Å²) in [5, 5.41) is 10.9. The molecule has 3 aromatic rings. The van der Waals surface area contributed by atoms with E-state index in [2.05, 4.69) is 27.6 Å². The number of anilines is 1. The number of benzene rings is 1. The molecular weight excluding hydrogens is 414 g/mol. The van der Waals surface area contributed by atoms with Crippen LogP contribution in [0.25, 0.3) is 16.8 Å². The summed E-state index contributed by atoms with van der Waals surface area (Å²) in [5.74, 6) is -0.0589. The van der Waals surface area contributed by atoms with E-state index in [4.69, 9.17) is 4.74 Å². The highest BCUT2D eigenvalue weighted by atomic mass is 16.5. The zero-order valence-electron chi connectivity index (χ0n) is 20.5. The molecule has 1 amide bonds. The molecule has 3 rings (SSSR count). The number of carbonyl (C=O) groups excluding carboxylic acids is 1. The molecule has 1 unspecified atom stereocenters. The number of aryl methyl sites for hydroxylation is 1. The molecule has 7 heteroatoms. The third-order valence-corrected chi connectivity index (χ3v) is 5.34. The van der Waals surface area contributed by atoms with Gasteiger partial charge < -0.3 is 15.4 Å². The SMILES string of the molecule is CCC(C)NC(=O)c1ccc(C)c(-c2cnn(-c3cncc(NCCOC(C)(C)C)c3)c2)c1. The number of amides is 1. The fraction of sp³-hybridized carbons (Fsp3) is 0.423. The fourth-order valence-corrected chi connectivity index (χ4v) is 3.29. The summed E-state index contributed by atoms with van der Waals surface area (Å²) >= 11 is 0. The van der Waals surface area contributed by atoms with Crippen LogP contribution in [0.1, 0.15) is 57.0 Å². The summed E-state index contributed by atoms with van der Waals surface area (Å²) in [6.07, 6.45) is 8.23. The van der Waals surface area contributed by atoms with Gasteiger partial charge in [0, 0.05) is 29.9 Å². The molecule has 0 radical (unpaired) electrons. The molecule has 0 saturated carbocycles. The number of rotatable bonds is 9. The zero-order chi connectivity index (χ0) is 24.0. The van der Waals surface area contributed by atoms with Crippen molar-refractivity contribution >= 4 is 11.6 Å². The summed E-state index contributed by atoms with van der Waals surface area (Å²) in [6.45, 7) is 13.5. The van der Waals surface area contributed by atoms with Crippen LogP contribution < -0.4 is 10.6 Å². The van der Waals surface area contributed by atoms with Gasteiger partial charge in [0.25, 0.3) is 5.91 Å². The number of nitrogens with one attached hydrogen (secondary N) is 2. The minimum Gasteiger partial charge on any atom is -0.381 e. The van der Waals surface area contributed by atoms with E-state index in [1.807, 2.05) is 71.3 Å². The van der Waals surface area contributed by atoms with Crippen LogP contribution in [0.2, 0.25) is 0 Å². The maximum atomic E-state index is 12.6. The number of hydrogen-bond acceptors (Lipinski definition) is 5. The van der Waals surface area contributed by atoms with Crippen LogP contribution in [-0.4, -0.2) is 45.5 Å². The highest BCUT2D eigenvalue weighted by Crippen LogP contribution is 2.25.